The molecular weight excluding hydrogens is 142 g/mol. The molecular formula is C8H15NO2. The minimum Gasteiger partial charge on any atom is -0.390 e. The van der Waals surface area contributed by atoms with E-state index in [2.05, 4.69) is 5.32 Å². The summed E-state index contributed by atoms with van der Waals surface area (Å²) in [6, 6.07) is 0. The maximum Gasteiger partial charge on any atom is 0.219 e. The summed E-state index contributed by atoms with van der Waals surface area (Å²) in [6.07, 6.45) is 3.03. The predicted molar refractivity (Wildman–Crippen MR) is 42.1 cm³/mol. The van der Waals surface area contributed by atoms with E-state index in [0.717, 1.165) is 12.8 Å². The molecule has 1 amide bonds. The molecule has 1 aliphatic rings. The molecule has 0 aromatic heterocycles. The standard InChI is InChI=1S/C8H15NO2/c1-2-7(10)9-6-5-8(11)3-4-8/h11H,2-6H2,1H3,(H,9,10). The normalized spacial score (nSPS) is 19.5. The van der Waals surface area contributed by atoms with Gasteiger partial charge in [-0.3, -0.25) is 4.79 Å². The van der Waals surface area contributed by atoms with Crippen molar-refractivity contribution in [1.29, 1.82) is 0 Å². The predicted octanol–water partition coefficient (Wildman–Crippen LogP) is 0.428. The van der Waals surface area contributed by atoms with Crippen molar-refractivity contribution in [3.63, 3.8) is 0 Å². The number of nitrogens with one attached hydrogen (secondary N) is 1. The molecule has 0 radical (unpaired) electrons. The van der Waals surface area contributed by atoms with Crippen molar-refractivity contribution in [2.75, 3.05) is 6.54 Å². The van der Waals surface area contributed by atoms with E-state index >= 15 is 0 Å². The number of carbonyl (C=O) groups excluding carboxylic acids is 1. The molecule has 0 bridgehead atoms. The van der Waals surface area contributed by atoms with Crippen molar-refractivity contribution in [2.24, 2.45) is 0 Å². The van der Waals surface area contributed by atoms with Gasteiger partial charge in [-0.05, 0) is 19.3 Å². The van der Waals surface area contributed by atoms with Gasteiger partial charge in [0, 0.05) is 13.0 Å². The van der Waals surface area contributed by atoms with Crippen LogP contribution in [0.1, 0.15) is 32.6 Å². The smallest absolute Gasteiger partial charge is 0.219 e. The van der Waals surface area contributed by atoms with Gasteiger partial charge in [0.1, 0.15) is 0 Å². The van der Waals surface area contributed by atoms with E-state index in [0.29, 0.717) is 19.4 Å². The van der Waals surface area contributed by atoms with E-state index in [4.69, 9.17) is 0 Å². The molecule has 1 saturated carbocycles. The summed E-state index contributed by atoms with van der Waals surface area (Å²) in [7, 11) is 0. The second-order valence-corrected chi connectivity index (χ2v) is 3.18. The van der Waals surface area contributed by atoms with Crippen LogP contribution in [0.4, 0.5) is 0 Å². The van der Waals surface area contributed by atoms with Crippen LogP contribution >= 0.6 is 0 Å². The van der Waals surface area contributed by atoms with E-state index in [-0.39, 0.29) is 5.91 Å². The Balaban J connectivity index is 2.00. The van der Waals surface area contributed by atoms with Crippen LogP contribution in [0.2, 0.25) is 0 Å². The highest BCUT2D eigenvalue weighted by atomic mass is 16.3. The zero-order valence-corrected chi connectivity index (χ0v) is 6.89. The number of hydrogen-bond donors (Lipinski definition) is 2. The van der Waals surface area contributed by atoms with Crippen LogP contribution < -0.4 is 5.32 Å². The lowest BCUT2D eigenvalue weighted by Gasteiger charge is -2.07. The highest BCUT2D eigenvalue weighted by Crippen LogP contribution is 2.37. The van der Waals surface area contributed by atoms with Crippen LogP contribution in [0.5, 0.6) is 0 Å². The number of amides is 1. The van der Waals surface area contributed by atoms with Gasteiger partial charge in [0.05, 0.1) is 5.60 Å². The van der Waals surface area contributed by atoms with Crippen LogP contribution in [0.15, 0.2) is 0 Å². The lowest BCUT2D eigenvalue weighted by atomic mass is 10.2. The zero-order valence-electron chi connectivity index (χ0n) is 6.89. The van der Waals surface area contributed by atoms with Crippen molar-refractivity contribution >= 4 is 5.91 Å². The third kappa shape index (κ3) is 2.89. The first-order valence-corrected chi connectivity index (χ1v) is 4.15. The summed E-state index contributed by atoms with van der Waals surface area (Å²) in [5.74, 6) is 0.0641. The van der Waals surface area contributed by atoms with Crippen molar-refractivity contribution in [2.45, 2.75) is 38.2 Å². The molecule has 0 atom stereocenters. The molecule has 1 aliphatic carbocycles. The molecule has 3 nitrogen and oxygen atoms in total. The van der Waals surface area contributed by atoms with Gasteiger partial charge in [-0.2, -0.15) is 0 Å². The van der Waals surface area contributed by atoms with E-state index in [9.17, 15) is 9.90 Å². The molecule has 0 spiro atoms. The highest BCUT2D eigenvalue weighted by molar-refractivity contribution is 5.75. The quantitative estimate of drug-likeness (QED) is 0.621. The molecule has 0 aliphatic heterocycles. The Labute approximate surface area is 66.8 Å². The molecule has 0 aromatic rings. The van der Waals surface area contributed by atoms with Gasteiger partial charge in [0.25, 0.3) is 0 Å². The first kappa shape index (κ1) is 8.53. The Hall–Kier alpha value is -0.570. The summed E-state index contributed by atoms with van der Waals surface area (Å²) < 4.78 is 0. The Bertz CT molecular complexity index is 152. The van der Waals surface area contributed by atoms with Crippen LogP contribution in [-0.2, 0) is 4.79 Å². The Morgan fingerprint density at radius 1 is 1.64 bits per heavy atom. The van der Waals surface area contributed by atoms with Gasteiger partial charge in [-0.1, -0.05) is 6.92 Å². The molecule has 0 heterocycles. The van der Waals surface area contributed by atoms with Gasteiger partial charge >= 0.3 is 0 Å². The first-order chi connectivity index (χ1) is 5.16. The van der Waals surface area contributed by atoms with Crippen LogP contribution in [-0.4, -0.2) is 23.2 Å². The second-order valence-electron chi connectivity index (χ2n) is 3.18. The largest absolute Gasteiger partial charge is 0.390 e. The van der Waals surface area contributed by atoms with Crippen LogP contribution in [0, 0.1) is 0 Å². The number of carbonyl (C=O) groups is 1. The van der Waals surface area contributed by atoms with Gasteiger partial charge < -0.3 is 10.4 Å². The van der Waals surface area contributed by atoms with Gasteiger partial charge in [-0.15, -0.1) is 0 Å². The molecule has 1 rings (SSSR count). The monoisotopic (exact) mass is 157 g/mol. The minimum absolute atomic E-state index is 0.0641. The topological polar surface area (TPSA) is 49.3 Å². The average molecular weight is 157 g/mol. The number of aliphatic hydroxyl groups is 1. The Morgan fingerprint density at radius 2 is 2.27 bits per heavy atom. The fraction of sp³-hybridized carbons (Fsp3) is 0.875. The summed E-state index contributed by atoms with van der Waals surface area (Å²) in [4.78, 5) is 10.7. The second kappa shape index (κ2) is 3.22. The average Bonchev–Trinajstić information content (AvgIpc) is 2.68. The summed E-state index contributed by atoms with van der Waals surface area (Å²) in [5.41, 5.74) is -0.430. The number of rotatable bonds is 4. The third-order valence-electron chi connectivity index (χ3n) is 2.06. The molecule has 3 heteroatoms. The molecule has 0 unspecified atom stereocenters. The fourth-order valence-corrected chi connectivity index (χ4v) is 0.954. The van der Waals surface area contributed by atoms with E-state index in [1.54, 1.807) is 0 Å². The van der Waals surface area contributed by atoms with E-state index in [1.165, 1.54) is 0 Å². The lowest BCUT2D eigenvalue weighted by molar-refractivity contribution is -0.120. The van der Waals surface area contributed by atoms with E-state index in [1.807, 2.05) is 6.92 Å². The molecule has 0 aromatic carbocycles. The third-order valence-corrected chi connectivity index (χ3v) is 2.06. The Morgan fingerprint density at radius 3 is 2.73 bits per heavy atom. The van der Waals surface area contributed by atoms with Gasteiger partial charge in [0.15, 0.2) is 0 Å². The summed E-state index contributed by atoms with van der Waals surface area (Å²) >= 11 is 0. The molecule has 2 N–H and O–H groups in total. The molecule has 64 valence electrons. The maximum absolute atomic E-state index is 10.7. The summed E-state index contributed by atoms with van der Waals surface area (Å²) in [5, 5.41) is 12.1. The van der Waals surface area contributed by atoms with E-state index < -0.39 is 5.60 Å². The molecule has 1 fully saturated rings. The first-order valence-electron chi connectivity index (χ1n) is 4.15. The minimum atomic E-state index is -0.430. The fourth-order valence-electron chi connectivity index (χ4n) is 0.954. The van der Waals surface area contributed by atoms with Crippen molar-refractivity contribution in [3.8, 4) is 0 Å². The van der Waals surface area contributed by atoms with Crippen LogP contribution in [0.25, 0.3) is 0 Å². The maximum atomic E-state index is 10.7. The zero-order chi connectivity index (χ0) is 8.32. The SMILES string of the molecule is CCC(=O)NCCC1(O)CC1. The molecule has 11 heavy (non-hydrogen) atoms. The molecule has 0 saturated heterocycles. The highest BCUT2D eigenvalue weighted by Gasteiger charge is 2.39. The van der Waals surface area contributed by atoms with Crippen LogP contribution in [0.3, 0.4) is 0 Å². The van der Waals surface area contributed by atoms with Crippen molar-refractivity contribution in [3.05, 3.63) is 0 Å². The lowest BCUT2D eigenvalue weighted by Crippen LogP contribution is -2.26. The van der Waals surface area contributed by atoms with Crippen molar-refractivity contribution in [1.82, 2.24) is 5.32 Å². The summed E-state index contributed by atoms with van der Waals surface area (Å²) in [6.45, 7) is 2.43. The van der Waals surface area contributed by atoms with Gasteiger partial charge in [0.2, 0.25) is 5.91 Å². The van der Waals surface area contributed by atoms with Gasteiger partial charge in [-0.25, -0.2) is 0 Å². The number of hydrogen-bond acceptors (Lipinski definition) is 2. The van der Waals surface area contributed by atoms with Crippen molar-refractivity contribution < 1.29 is 9.90 Å². The Kier molecular flexibility index (Phi) is 2.49.